The molecule has 0 unspecified atom stereocenters. The SMILES string of the molecule is CCCc1cc(CC)c(OCCCN2C(=O)c3ccccc3C2=O)c(CC)c1CC. The first kappa shape index (κ1) is 22.1. The van der Waals surface area contributed by atoms with Gasteiger partial charge in [-0.05, 0) is 66.5 Å². The number of fused-ring (bicyclic) bond motifs is 1. The zero-order valence-electron chi connectivity index (χ0n) is 18.7. The Morgan fingerprint density at radius 1 is 0.833 bits per heavy atom. The third kappa shape index (κ3) is 4.14. The zero-order chi connectivity index (χ0) is 21.7. The molecule has 160 valence electrons. The summed E-state index contributed by atoms with van der Waals surface area (Å²) in [6.07, 6.45) is 5.75. The van der Waals surface area contributed by atoms with E-state index in [-0.39, 0.29) is 11.8 Å². The first-order valence-corrected chi connectivity index (χ1v) is 11.3. The van der Waals surface area contributed by atoms with Crippen LogP contribution in [0.2, 0.25) is 0 Å². The van der Waals surface area contributed by atoms with E-state index in [2.05, 4.69) is 33.8 Å². The van der Waals surface area contributed by atoms with Crippen molar-refractivity contribution in [3.63, 3.8) is 0 Å². The maximum Gasteiger partial charge on any atom is 0.261 e. The Balaban J connectivity index is 1.70. The van der Waals surface area contributed by atoms with Crippen LogP contribution in [0.15, 0.2) is 30.3 Å². The van der Waals surface area contributed by atoms with Gasteiger partial charge in [0, 0.05) is 6.54 Å². The lowest BCUT2D eigenvalue weighted by atomic mass is 9.90. The summed E-state index contributed by atoms with van der Waals surface area (Å²) in [6, 6.07) is 9.35. The fourth-order valence-corrected chi connectivity index (χ4v) is 4.48. The number of hydrogen-bond donors (Lipinski definition) is 0. The van der Waals surface area contributed by atoms with Crippen LogP contribution in [0.5, 0.6) is 5.75 Å². The molecule has 0 fully saturated rings. The van der Waals surface area contributed by atoms with Crippen molar-refractivity contribution in [3.05, 3.63) is 63.7 Å². The highest BCUT2D eigenvalue weighted by atomic mass is 16.5. The Morgan fingerprint density at radius 3 is 2.00 bits per heavy atom. The maximum atomic E-state index is 12.5. The van der Waals surface area contributed by atoms with Crippen molar-refractivity contribution in [2.45, 2.75) is 66.2 Å². The molecular formula is C26H33NO3. The van der Waals surface area contributed by atoms with Crippen LogP contribution in [0.4, 0.5) is 0 Å². The molecule has 0 aliphatic carbocycles. The lowest BCUT2D eigenvalue weighted by molar-refractivity contribution is 0.0646. The van der Waals surface area contributed by atoms with Crippen LogP contribution >= 0.6 is 0 Å². The van der Waals surface area contributed by atoms with Gasteiger partial charge in [-0.1, -0.05) is 52.3 Å². The fraction of sp³-hybridized carbons (Fsp3) is 0.462. The number of hydrogen-bond acceptors (Lipinski definition) is 3. The molecule has 2 amide bonds. The van der Waals surface area contributed by atoms with E-state index >= 15 is 0 Å². The minimum Gasteiger partial charge on any atom is -0.493 e. The quantitative estimate of drug-likeness (QED) is 0.392. The number of carbonyl (C=O) groups is 2. The number of amides is 2. The molecule has 0 radical (unpaired) electrons. The second kappa shape index (κ2) is 9.92. The largest absolute Gasteiger partial charge is 0.493 e. The topological polar surface area (TPSA) is 46.6 Å². The van der Waals surface area contributed by atoms with E-state index in [1.165, 1.54) is 27.2 Å². The van der Waals surface area contributed by atoms with Crippen molar-refractivity contribution in [1.82, 2.24) is 4.90 Å². The van der Waals surface area contributed by atoms with Gasteiger partial charge in [0.2, 0.25) is 0 Å². The summed E-state index contributed by atoms with van der Waals surface area (Å²) in [6.45, 7) is 9.66. The predicted octanol–water partition coefficient (Wildman–Crippen LogP) is 5.39. The molecule has 3 rings (SSSR count). The third-order valence-corrected chi connectivity index (χ3v) is 5.92. The van der Waals surface area contributed by atoms with Gasteiger partial charge >= 0.3 is 0 Å². The van der Waals surface area contributed by atoms with E-state index in [1.54, 1.807) is 24.3 Å². The first-order chi connectivity index (χ1) is 14.6. The second-order valence-corrected chi connectivity index (χ2v) is 7.80. The minimum absolute atomic E-state index is 0.198. The van der Waals surface area contributed by atoms with Crippen molar-refractivity contribution in [3.8, 4) is 5.75 Å². The Bertz CT molecular complexity index is 897. The monoisotopic (exact) mass is 407 g/mol. The highest BCUT2D eigenvalue weighted by Gasteiger charge is 2.34. The lowest BCUT2D eigenvalue weighted by Crippen LogP contribution is -2.31. The van der Waals surface area contributed by atoms with Gasteiger partial charge in [0.25, 0.3) is 11.8 Å². The molecular weight excluding hydrogens is 374 g/mol. The van der Waals surface area contributed by atoms with E-state index in [0.29, 0.717) is 30.7 Å². The first-order valence-electron chi connectivity index (χ1n) is 11.3. The van der Waals surface area contributed by atoms with Gasteiger partial charge < -0.3 is 4.74 Å². The van der Waals surface area contributed by atoms with Crippen molar-refractivity contribution < 1.29 is 14.3 Å². The van der Waals surface area contributed by atoms with Crippen molar-refractivity contribution >= 4 is 11.8 Å². The van der Waals surface area contributed by atoms with Crippen LogP contribution < -0.4 is 4.74 Å². The van der Waals surface area contributed by atoms with Gasteiger partial charge in [0.15, 0.2) is 0 Å². The van der Waals surface area contributed by atoms with E-state index in [1.807, 2.05) is 0 Å². The lowest BCUT2D eigenvalue weighted by Gasteiger charge is -2.22. The molecule has 1 aliphatic heterocycles. The Kier molecular flexibility index (Phi) is 7.30. The molecule has 30 heavy (non-hydrogen) atoms. The van der Waals surface area contributed by atoms with Crippen molar-refractivity contribution in [1.29, 1.82) is 0 Å². The average Bonchev–Trinajstić information content (AvgIpc) is 3.01. The molecule has 0 saturated heterocycles. The standard InChI is InChI=1S/C26H33NO3/c1-5-12-19-17-18(6-2)24(21(8-4)20(19)7-3)30-16-11-15-27-25(28)22-13-9-10-14-23(22)26(27)29/h9-10,13-14,17H,5-8,11-12,15-16H2,1-4H3. The second-order valence-electron chi connectivity index (χ2n) is 7.80. The predicted molar refractivity (Wildman–Crippen MR) is 120 cm³/mol. The summed E-state index contributed by atoms with van der Waals surface area (Å²) >= 11 is 0. The maximum absolute atomic E-state index is 12.5. The smallest absolute Gasteiger partial charge is 0.261 e. The number of benzene rings is 2. The molecule has 0 atom stereocenters. The fourth-order valence-electron chi connectivity index (χ4n) is 4.48. The van der Waals surface area contributed by atoms with Crippen LogP contribution in [-0.2, 0) is 25.7 Å². The third-order valence-electron chi connectivity index (χ3n) is 5.92. The zero-order valence-corrected chi connectivity index (χ0v) is 18.7. The van der Waals surface area contributed by atoms with Crippen molar-refractivity contribution in [2.24, 2.45) is 0 Å². The molecule has 2 aromatic carbocycles. The normalized spacial score (nSPS) is 13.1. The molecule has 4 heteroatoms. The summed E-state index contributed by atoms with van der Waals surface area (Å²) in [4.78, 5) is 26.4. The van der Waals surface area contributed by atoms with Gasteiger partial charge in [-0.15, -0.1) is 0 Å². The number of carbonyl (C=O) groups excluding carboxylic acids is 2. The van der Waals surface area contributed by atoms with Gasteiger partial charge in [-0.2, -0.15) is 0 Å². The highest BCUT2D eigenvalue weighted by molar-refractivity contribution is 6.21. The van der Waals surface area contributed by atoms with Crippen LogP contribution in [0.1, 0.15) is 83.5 Å². The summed E-state index contributed by atoms with van der Waals surface area (Å²) in [5.74, 6) is 0.617. The minimum atomic E-state index is -0.198. The Labute approximate surface area is 180 Å². The molecule has 0 spiro atoms. The van der Waals surface area contributed by atoms with Gasteiger partial charge in [0.1, 0.15) is 5.75 Å². The summed E-state index contributed by atoms with van der Waals surface area (Å²) in [7, 11) is 0. The van der Waals surface area contributed by atoms with Gasteiger partial charge in [0.05, 0.1) is 17.7 Å². The molecule has 0 saturated carbocycles. The Morgan fingerprint density at radius 2 is 1.47 bits per heavy atom. The summed E-state index contributed by atoms with van der Waals surface area (Å²) in [5, 5.41) is 0. The number of imide groups is 1. The average molecular weight is 408 g/mol. The van der Waals surface area contributed by atoms with Crippen LogP contribution in [0, 0.1) is 0 Å². The van der Waals surface area contributed by atoms with E-state index in [4.69, 9.17) is 4.74 Å². The highest BCUT2D eigenvalue weighted by Crippen LogP contribution is 2.33. The number of nitrogens with zero attached hydrogens (tertiary/aromatic N) is 1. The van der Waals surface area contributed by atoms with Crippen LogP contribution in [0.3, 0.4) is 0 Å². The molecule has 4 nitrogen and oxygen atoms in total. The Hall–Kier alpha value is -2.62. The molecule has 2 aromatic rings. The number of rotatable bonds is 10. The van der Waals surface area contributed by atoms with Crippen LogP contribution in [0.25, 0.3) is 0 Å². The molecule has 0 bridgehead atoms. The van der Waals surface area contributed by atoms with E-state index in [0.717, 1.165) is 37.9 Å². The molecule has 1 aliphatic rings. The summed E-state index contributed by atoms with van der Waals surface area (Å²) < 4.78 is 6.28. The van der Waals surface area contributed by atoms with Crippen molar-refractivity contribution in [2.75, 3.05) is 13.2 Å². The van der Waals surface area contributed by atoms with E-state index in [9.17, 15) is 9.59 Å². The molecule has 1 heterocycles. The van der Waals surface area contributed by atoms with Crippen LogP contribution in [-0.4, -0.2) is 29.9 Å². The number of aryl methyl sites for hydroxylation is 2. The summed E-state index contributed by atoms with van der Waals surface area (Å²) in [5.41, 5.74) is 6.46. The van der Waals surface area contributed by atoms with Gasteiger partial charge in [-0.3, -0.25) is 14.5 Å². The number of ether oxygens (including phenoxy) is 1. The van der Waals surface area contributed by atoms with E-state index < -0.39 is 0 Å². The molecule has 0 aromatic heterocycles. The molecule has 0 N–H and O–H groups in total. The van der Waals surface area contributed by atoms with Gasteiger partial charge in [-0.25, -0.2) is 0 Å².